The molecule has 6 nitrogen and oxygen atoms in total. The average molecular weight is 453 g/mol. The summed E-state index contributed by atoms with van der Waals surface area (Å²) in [5.74, 6) is -1.81. The molecule has 33 heavy (non-hydrogen) atoms. The molecule has 2 heterocycles. The third-order valence-electron chi connectivity index (χ3n) is 8.12. The highest BCUT2D eigenvalue weighted by Crippen LogP contribution is 2.52. The van der Waals surface area contributed by atoms with Gasteiger partial charge in [-0.25, -0.2) is 18.7 Å². The maximum atomic E-state index is 14.2. The van der Waals surface area contributed by atoms with Gasteiger partial charge in [-0.3, -0.25) is 4.79 Å². The molecule has 2 fully saturated rings. The number of aryl methyl sites for hydroxylation is 1. The summed E-state index contributed by atoms with van der Waals surface area (Å²) in [5, 5.41) is 14.6. The molecule has 2 bridgehead atoms. The number of hydrogen-bond acceptors (Lipinski definition) is 5. The van der Waals surface area contributed by atoms with Gasteiger partial charge in [0, 0.05) is 34.8 Å². The Morgan fingerprint density at radius 1 is 1.21 bits per heavy atom. The number of hydrogen-bond donors (Lipinski definition) is 2. The van der Waals surface area contributed by atoms with Crippen LogP contribution < -0.4 is 10.9 Å². The molecule has 2 saturated carbocycles. The van der Waals surface area contributed by atoms with Crippen LogP contribution in [-0.4, -0.2) is 19.6 Å². The predicted octanol–water partition coefficient (Wildman–Crippen LogP) is 4.53. The van der Waals surface area contributed by atoms with E-state index in [9.17, 15) is 18.7 Å². The molecule has 0 unspecified atom stereocenters. The van der Waals surface area contributed by atoms with Gasteiger partial charge in [0.2, 0.25) is 0 Å². The van der Waals surface area contributed by atoms with E-state index in [1.807, 2.05) is 10.8 Å². The SMILES string of the molecule is Cc1c(=O)n(C23CCC(CC2)C3)cc2c(N[C@H](O)c3cccc4c3CCC4(F)F)ncnc12. The van der Waals surface area contributed by atoms with E-state index < -0.39 is 12.2 Å². The molecule has 3 aliphatic rings. The van der Waals surface area contributed by atoms with Crippen LogP contribution in [0.2, 0.25) is 0 Å². The Balaban J connectivity index is 1.43. The first-order valence-corrected chi connectivity index (χ1v) is 11.6. The lowest BCUT2D eigenvalue weighted by molar-refractivity contribution is -0.00185. The summed E-state index contributed by atoms with van der Waals surface area (Å²) in [6.45, 7) is 1.78. The Morgan fingerprint density at radius 2 is 2.00 bits per heavy atom. The van der Waals surface area contributed by atoms with Crippen molar-refractivity contribution < 1.29 is 13.9 Å². The van der Waals surface area contributed by atoms with Gasteiger partial charge < -0.3 is 15.0 Å². The maximum absolute atomic E-state index is 14.2. The van der Waals surface area contributed by atoms with Crippen LogP contribution >= 0.6 is 0 Å². The van der Waals surface area contributed by atoms with E-state index in [4.69, 9.17) is 0 Å². The molecule has 1 aromatic carbocycles. The van der Waals surface area contributed by atoms with Crippen molar-refractivity contribution in [1.82, 2.24) is 14.5 Å². The minimum Gasteiger partial charge on any atom is -0.369 e. The zero-order chi connectivity index (χ0) is 23.0. The van der Waals surface area contributed by atoms with Crippen molar-refractivity contribution in [2.45, 2.75) is 69.6 Å². The highest BCUT2D eigenvalue weighted by Gasteiger charge is 2.47. The standard InChI is InChI=1S/C25H26F2N4O2/c1-14-20-18(12-31(23(14)33)24-8-5-15(11-24)6-9-24)21(29-13-28-20)30-22(32)17-3-2-4-19-16(17)7-10-25(19,26)27/h2-4,12-13,15,22,32H,5-11H2,1H3,(H,28,29,30)/t15?,22-,24?/m1/s1. The first kappa shape index (κ1) is 20.7. The molecule has 1 atom stereocenters. The van der Waals surface area contributed by atoms with Crippen molar-refractivity contribution in [3.63, 3.8) is 0 Å². The molecule has 3 aromatic rings. The number of aromatic nitrogens is 3. The number of halogens is 2. The highest BCUT2D eigenvalue weighted by molar-refractivity contribution is 5.90. The minimum absolute atomic E-state index is 0.0193. The number of benzene rings is 1. The number of alkyl halides is 2. The Bertz CT molecular complexity index is 1330. The summed E-state index contributed by atoms with van der Waals surface area (Å²) in [6.07, 6.45) is 7.22. The van der Waals surface area contributed by atoms with E-state index >= 15 is 0 Å². The zero-order valence-electron chi connectivity index (χ0n) is 18.4. The number of pyridine rings is 1. The summed E-state index contributed by atoms with van der Waals surface area (Å²) in [6, 6.07) is 4.64. The number of anilines is 1. The van der Waals surface area contributed by atoms with Gasteiger partial charge in [-0.2, -0.15) is 0 Å². The van der Waals surface area contributed by atoms with E-state index in [0.29, 0.717) is 39.3 Å². The van der Waals surface area contributed by atoms with Gasteiger partial charge in [0.25, 0.3) is 11.5 Å². The molecule has 172 valence electrons. The second-order valence-electron chi connectivity index (χ2n) is 9.91. The van der Waals surface area contributed by atoms with Gasteiger partial charge in [-0.15, -0.1) is 0 Å². The predicted molar refractivity (Wildman–Crippen MR) is 120 cm³/mol. The second-order valence-corrected chi connectivity index (χ2v) is 9.91. The smallest absolute Gasteiger partial charge is 0.273 e. The van der Waals surface area contributed by atoms with Crippen LogP contribution in [-0.2, 0) is 17.9 Å². The van der Waals surface area contributed by atoms with Gasteiger partial charge in [-0.05, 0) is 56.9 Å². The molecular formula is C25H26F2N4O2. The Hall–Kier alpha value is -2.87. The lowest BCUT2D eigenvalue weighted by Crippen LogP contribution is -2.38. The molecule has 0 amide bonds. The Morgan fingerprint density at radius 3 is 2.73 bits per heavy atom. The van der Waals surface area contributed by atoms with Gasteiger partial charge >= 0.3 is 0 Å². The largest absolute Gasteiger partial charge is 0.369 e. The highest BCUT2D eigenvalue weighted by atomic mass is 19.3. The van der Waals surface area contributed by atoms with Crippen molar-refractivity contribution in [2.75, 3.05) is 5.32 Å². The molecule has 2 aromatic heterocycles. The first-order chi connectivity index (χ1) is 15.8. The molecule has 0 saturated heterocycles. The number of aliphatic hydroxyl groups is 1. The van der Waals surface area contributed by atoms with Gasteiger partial charge in [0.05, 0.1) is 10.9 Å². The van der Waals surface area contributed by atoms with Gasteiger partial charge in [0.1, 0.15) is 12.1 Å². The lowest BCUT2D eigenvalue weighted by Gasteiger charge is -2.30. The van der Waals surface area contributed by atoms with Crippen LogP contribution in [0.25, 0.3) is 10.9 Å². The zero-order valence-corrected chi connectivity index (χ0v) is 18.4. The summed E-state index contributed by atoms with van der Waals surface area (Å²) >= 11 is 0. The van der Waals surface area contributed by atoms with E-state index in [-0.39, 0.29) is 29.5 Å². The molecule has 2 N–H and O–H groups in total. The number of rotatable bonds is 4. The maximum Gasteiger partial charge on any atom is 0.273 e. The van der Waals surface area contributed by atoms with Crippen LogP contribution in [0, 0.1) is 12.8 Å². The van der Waals surface area contributed by atoms with Crippen molar-refractivity contribution in [3.8, 4) is 0 Å². The minimum atomic E-state index is -2.88. The van der Waals surface area contributed by atoms with Crippen molar-refractivity contribution in [1.29, 1.82) is 0 Å². The Kier molecular flexibility index (Phi) is 4.43. The number of fused-ring (bicyclic) bond motifs is 4. The molecule has 8 heteroatoms. The third-order valence-corrected chi connectivity index (χ3v) is 8.12. The number of nitrogens with zero attached hydrogens (tertiary/aromatic N) is 3. The molecule has 3 aliphatic carbocycles. The van der Waals surface area contributed by atoms with E-state index in [1.54, 1.807) is 19.1 Å². The normalized spacial score (nSPS) is 26.0. The van der Waals surface area contributed by atoms with Crippen molar-refractivity contribution in [2.24, 2.45) is 5.92 Å². The fourth-order valence-corrected chi connectivity index (χ4v) is 6.36. The van der Waals surface area contributed by atoms with Crippen molar-refractivity contribution in [3.05, 3.63) is 63.3 Å². The van der Waals surface area contributed by atoms with Crippen LogP contribution in [0.5, 0.6) is 0 Å². The van der Waals surface area contributed by atoms with Crippen LogP contribution in [0.15, 0.2) is 35.5 Å². The average Bonchev–Trinajstić information content (AvgIpc) is 3.50. The summed E-state index contributed by atoms with van der Waals surface area (Å²) < 4.78 is 30.3. The van der Waals surface area contributed by atoms with Gasteiger partial charge in [0.15, 0.2) is 6.23 Å². The molecule has 0 spiro atoms. The molecule has 0 radical (unpaired) electrons. The summed E-state index contributed by atoms with van der Waals surface area (Å²) in [4.78, 5) is 21.9. The summed E-state index contributed by atoms with van der Waals surface area (Å²) in [7, 11) is 0. The first-order valence-electron chi connectivity index (χ1n) is 11.6. The monoisotopic (exact) mass is 452 g/mol. The van der Waals surface area contributed by atoms with Crippen LogP contribution in [0.3, 0.4) is 0 Å². The lowest BCUT2D eigenvalue weighted by atomic mass is 9.93. The molecule has 6 rings (SSSR count). The van der Waals surface area contributed by atoms with Crippen LogP contribution in [0.4, 0.5) is 14.6 Å². The van der Waals surface area contributed by atoms with E-state index in [0.717, 1.165) is 32.1 Å². The third kappa shape index (κ3) is 3.03. The Labute approximate surface area is 189 Å². The van der Waals surface area contributed by atoms with E-state index in [1.165, 1.54) is 12.4 Å². The quantitative estimate of drug-likeness (QED) is 0.569. The molecular weight excluding hydrogens is 426 g/mol. The van der Waals surface area contributed by atoms with E-state index in [2.05, 4.69) is 15.3 Å². The topological polar surface area (TPSA) is 80.0 Å². The fraction of sp³-hybridized carbons (Fsp3) is 0.480. The summed E-state index contributed by atoms with van der Waals surface area (Å²) in [5.41, 5.74) is 1.79. The van der Waals surface area contributed by atoms with Crippen LogP contribution in [0.1, 0.15) is 67.0 Å². The van der Waals surface area contributed by atoms with Gasteiger partial charge in [-0.1, -0.05) is 18.2 Å². The fourth-order valence-electron chi connectivity index (χ4n) is 6.36. The number of nitrogens with one attached hydrogen (secondary N) is 1. The second kappa shape index (κ2) is 7.06. The van der Waals surface area contributed by atoms with Crippen molar-refractivity contribution >= 4 is 16.7 Å². The molecule has 0 aliphatic heterocycles. The number of aliphatic hydroxyl groups excluding tert-OH is 1.